The van der Waals surface area contributed by atoms with Crippen LogP contribution in [-0.2, 0) is 14.8 Å². The van der Waals surface area contributed by atoms with E-state index in [0.29, 0.717) is 26.1 Å². The molecule has 1 saturated heterocycles. The summed E-state index contributed by atoms with van der Waals surface area (Å²) in [5.74, 6) is 0.378. The van der Waals surface area contributed by atoms with E-state index in [2.05, 4.69) is 5.32 Å². The van der Waals surface area contributed by atoms with Gasteiger partial charge in [-0.3, -0.25) is 4.79 Å². The van der Waals surface area contributed by atoms with Crippen LogP contribution in [0.4, 0.5) is 0 Å². The zero-order valence-electron chi connectivity index (χ0n) is 12.7. The Morgan fingerprint density at radius 2 is 2.09 bits per heavy atom. The normalized spacial score (nSPS) is 19.6. The number of rotatable bonds is 6. The highest BCUT2D eigenvalue weighted by molar-refractivity contribution is 7.88. The van der Waals surface area contributed by atoms with Crippen molar-refractivity contribution in [2.24, 2.45) is 5.92 Å². The van der Waals surface area contributed by atoms with Gasteiger partial charge in [-0.2, -0.15) is 0 Å². The van der Waals surface area contributed by atoms with Gasteiger partial charge in [0.1, 0.15) is 12.4 Å². The molecule has 0 saturated carbocycles. The fraction of sp³-hybridized carbons (Fsp3) is 0.533. The summed E-state index contributed by atoms with van der Waals surface area (Å²) in [5, 5.41) is 2.81. The summed E-state index contributed by atoms with van der Waals surface area (Å²) in [6.07, 6.45) is 2.62. The predicted molar refractivity (Wildman–Crippen MR) is 84.1 cm³/mol. The van der Waals surface area contributed by atoms with Crippen molar-refractivity contribution in [3.63, 3.8) is 0 Å². The molecule has 1 heterocycles. The Kier molecular flexibility index (Phi) is 5.79. The van der Waals surface area contributed by atoms with Crippen LogP contribution in [0.3, 0.4) is 0 Å². The number of sulfonamides is 1. The largest absolute Gasteiger partial charge is 0.492 e. The molecule has 0 spiro atoms. The third-order valence-corrected chi connectivity index (χ3v) is 4.91. The molecule has 1 aliphatic rings. The van der Waals surface area contributed by atoms with Crippen molar-refractivity contribution in [1.82, 2.24) is 9.62 Å². The van der Waals surface area contributed by atoms with Gasteiger partial charge in [0, 0.05) is 13.1 Å². The highest BCUT2D eigenvalue weighted by Crippen LogP contribution is 2.18. The summed E-state index contributed by atoms with van der Waals surface area (Å²) in [6, 6.07) is 9.39. The first kappa shape index (κ1) is 16.8. The molecule has 122 valence electrons. The Labute approximate surface area is 131 Å². The van der Waals surface area contributed by atoms with Crippen molar-refractivity contribution in [1.29, 1.82) is 0 Å². The molecule has 0 aliphatic carbocycles. The van der Waals surface area contributed by atoms with E-state index < -0.39 is 10.0 Å². The van der Waals surface area contributed by atoms with Gasteiger partial charge in [-0.1, -0.05) is 18.2 Å². The molecule has 0 radical (unpaired) electrons. The number of hydrogen-bond donors (Lipinski definition) is 1. The molecule has 0 unspecified atom stereocenters. The molecule has 6 nitrogen and oxygen atoms in total. The molecule has 7 heteroatoms. The molecule has 0 aromatic heterocycles. The second kappa shape index (κ2) is 7.60. The number of carbonyl (C=O) groups excluding carboxylic acids is 1. The van der Waals surface area contributed by atoms with Crippen molar-refractivity contribution < 1.29 is 17.9 Å². The van der Waals surface area contributed by atoms with Crippen LogP contribution >= 0.6 is 0 Å². The van der Waals surface area contributed by atoms with Crippen molar-refractivity contribution in [2.75, 3.05) is 32.5 Å². The van der Waals surface area contributed by atoms with Crippen LogP contribution in [0.2, 0.25) is 0 Å². The van der Waals surface area contributed by atoms with Gasteiger partial charge in [-0.25, -0.2) is 12.7 Å². The minimum Gasteiger partial charge on any atom is -0.492 e. The number of carbonyl (C=O) groups is 1. The lowest BCUT2D eigenvalue weighted by Crippen LogP contribution is -2.45. The molecule has 1 aromatic rings. The lowest BCUT2D eigenvalue weighted by molar-refractivity contribution is -0.126. The molecule has 0 bridgehead atoms. The third-order valence-electron chi connectivity index (χ3n) is 3.64. The van der Waals surface area contributed by atoms with Crippen molar-refractivity contribution in [2.45, 2.75) is 12.8 Å². The van der Waals surface area contributed by atoms with E-state index >= 15 is 0 Å². The van der Waals surface area contributed by atoms with E-state index in [9.17, 15) is 13.2 Å². The Bertz CT molecular complexity index is 589. The Morgan fingerprint density at radius 3 is 2.77 bits per heavy atom. The maximum absolute atomic E-state index is 12.1. The molecule has 1 amide bonds. The van der Waals surface area contributed by atoms with Gasteiger partial charge >= 0.3 is 0 Å². The van der Waals surface area contributed by atoms with E-state index in [1.54, 1.807) is 0 Å². The van der Waals surface area contributed by atoms with E-state index in [1.165, 1.54) is 10.6 Å². The first-order chi connectivity index (χ1) is 10.5. The van der Waals surface area contributed by atoms with Gasteiger partial charge in [0.25, 0.3) is 0 Å². The zero-order valence-corrected chi connectivity index (χ0v) is 13.5. The summed E-state index contributed by atoms with van der Waals surface area (Å²) in [4.78, 5) is 12.1. The van der Waals surface area contributed by atoms with Crippen LogP contribution < -0.4 is 10.1 Å². The van der Waals surface area contributed by atoms with E-state index in [-0.39, 0.29) is 18.4 Å². The van der Waals surface area contributed by atoms with E-state index in [1.807, 2.05) is 30.3 Å². The number of piperidine rings is 1. The molecule has 1 aromatic carbocycles. The quantitative estimate of drug-likeness (QED) is 0.787. The first-order valence-electron chi connectivity index (χ1n) is 7.37. The minimum absolute atomic E-state index is 0.106. The molecule has 1 fully saturated rings. The third kappa shape index (κ3) is 4.99. The lowest BCUT2D eigenvalue weighted by Gasteiger charge is -2.30. The van der Waals surface area contributed by atoms with Crippen LogP contribution in [0.25, 0.3) is 0 Å². The zero-order chi connectivity index (χ0) is 16.0. The monoisotopic (exact) mass is 326 g/mol. The van der Waals surface area contributed by atoms with Gasteiger partial charge in [-0.15, -0.1) is 0 Å². The molecule has 1 atom stereocenters. The van der Waals surface area contributed by atoms with Crippen LogP contribution in [0, 0.1) is 5.92 Å². The molecule has 22 heavy (non-hydrogen) atoms. The average Bonchev–Trinajstić information content (AvgIpc) is 2.52. The van der Waals surface area contributed by atoms with Crippen LogP contribution in [0.1, 0.15) is 12.8 Å². The molecular formula is C15H22N2O4S. The van der Waals surface area contributed by atoms with Crippen molar-refractivity contribution in [3.8, 4) is 5.75 Å². The maximum atomic E-state index is 12.1. The smallest absolute Gasteiger partial charge is 0.224 e. The summed E-state index contributed by atoms with van der Waals surface area (Å²) in [6.45, 7) is 1.56. The van der Waals surface area contributed by atoms with Gasteiger partial charge in [0.2, 0.25) is 15.9 Å². The van der Waals surface area contributed by atoms with Crippen LogP contribution in [0.5, 0.6) is 5.75 Å². The SMILES string of the molecule is CS(=O)(=O)N1CCC[C@H](C(=O)NCCOc2ccccc2)C1. The topological polar surface area (TPSA) is 75.7 Å². The average molecular weight is 326 g/mol. The van der Waals surface area contributed by atoms with Crippen LogP contribution in [0.15, 0.2) is 30.3 Å². The van der Waals surface area contributed by atoms with Crippen LogP contribution in [-0.4, -0.2) is 51.1 Å². The lowest BCUT2D eigenvalue weighted by atomic mass is 9.99. The number of hydrogen-bond acceptors (Lipinski definition) is 4. The van der Waals surface area contributed by atoms with Gasteiger partial charge < -0.3 is 10.1 Å². The molecular weight excluding hydrogens is 304 g/mol. The first-order valence-corrected chi connectivity index (χ1v) is 9.22. The highest BCUT2D eigenvalue weighted by Gasteiger charge is 2.29. The summed E-state index contributed by atoms with van der Waals surface area (Å²) < 4.78 is 30.0. The maximum Gasteiger partial charge on any atom is 0.224 e. The standard InChI is InChI=1S/C15H22N2O4S/c1-22(19,20)17-10-5-6-13(12-17)15(18)16-9-11-21-14-7-3-2-4-8-14/h2-4,7-8,13H,5-6,9-12H2,1H3,(H,16,18)/t13-/m0/s1. The number of para-hydroxylation sites is 1. The second-order valence-corrected chi connectivity index (χ2v) is 7.40. The number of benzene rings is 1. The Morgan fingerprint density at radius 1 is 1.36 bits per heavy atom. The fourth-order valence-corrected chi connectivity index (χ4v) is 3.37. The van der Waals surface area contributed by atoms with Gasteiger partial charge in [0.05, 0.1) is 18.7 Å². The van der Waals surface area contributed by atoms with Crippen molar-refractivity contribution >= 4 is 15.9 Å². The minimum atomic E-state index is -3.22. The van der Waals surface area contributed by atoms with Gasteiger partial charge in [-0.05, 0) is 25.0 Å². The Balaban J connectivity index is 1.73. The van der Waals surface area contributed by atoms with E-state index in [0.717, 1.165) is 12.2 Å². The Hall–Kier alpha value is -1.60. The highest BCUT2D eigenvalue weighted by atomic mass is 32.2. The molecule has 1 aliphatic heterocycles. The predicted octanol–water partition coefficient (Wildman–Crippen LogP) is 0.853. The number of nitrogens with zero attached hydrogens (tertiary/aromatic N) is 1. The number of ether oxygens (including phenoxy) is 1. The van der Waals surface area contributed by atoms with Crippen molar-refractivity contribution in [3.05, 3.63) is 30.3 Å². The molecule has 1 N–H and O–H groups in total. The second-order valence-electron chi connectivity index (χ2n) is 5.41. The number of nitrogens with one attached hydrogen (secondary N) is 1. The van der Waals surface area contributed by atoms with E-state index in [4.69, 9.17) is 4.74 Å². The number of amides is 1. The summed E-state index contributed by atoms with van der Waals surface area (Å²) in [5.41, 5.74) is 0. The summed E-state index contributed by atoms with van der Waals surface area (Å²) >= 11 is 0. The van der Waals surface area contributed by atoms with Gasteiger partial charge in [0.15, 0.2) is 0 Å². The molecule has 2 rings (SSSR count). The fourth-order valence-electron chi connectivity index (χ4n) is 2.46. The summed E-state index contributed by atoms with van der Waals surface area (Å²) in [7, 11) is -3.22.